The molecule has 1 aromatic carbocycles. The molecule has 0 saturated heterocycles. The SMILES string of the molecule is C[C@H](OC(=O)COc1cccc(Cl)c1)C(=O)NCc1ccco1. The van der Waals surface area contributed by atoms with Crippen molar-refractivity contribution in [1.29, 1.82) is 0 Å². The van der Waals surface area contributed by atoms with Crippen molar-refractivity contribution in [3.05, 3.63) is 53.4 Å². The van der Waals surface area contributed by atoms with Gasteiger partial charge in [-0.25, -0.2) is 4.79 Å². The Labute approximate surface area is 138 Å². The van der Waals surface area contributed by atoms with Crippen molar-refractivity contribution < 1.29 is 23.5 Å². The Kier molecular flexibility index (Phi) is 6.05. The van der Waals surface area contributed by atoms with Gasteiger partial charge in [-0.2, -0.15) is 0 Å². The predicted octanol–water partition coefficient (Wildman–Crippen LogP) is 2.56. The second kappa shape index (κ2) is 8.24. The topological polar surface area (TPSA) is 77.8 Å². The molecule has 0 aliphatic carbocycles. The van der Waals surface area contributed by atoms with Crippen molar-refractivity contribution in [3.8, 4) is 5.75 Å². The lowest BCUT2D eigenvalue weighted by Crippen LogP contribution is -2.36. The van der Waals surface area contributed by atoms with E-state index in [1.54, 1.807) is 36.4 Å². The fourth-order valence-electron chi connectivity index (χ4n) is 1.71. The van der Waals surface area contributed by atoms with Gasteiger partial charge in [-0.05, 0) is 37.3 Å². The van der Waals surface area contributed by atoms with E-state index in [2.05, 4.69) is 5.32 Å². The minimum Gasteiger partial charge on any atom is -0.482 e. The average Bonchev–Trinajstić information content (AvgIpc) is 3.04. The summed E-state index contributed by atoms with van der Waals surface area (Å²) in [6, 6.07) is 10.1. The maximum absolute atomic E-state index is 11.8. The van der Waals surface area contributed by atoms with E-state index in [1.165, 1.54) is 13.2 Å². The van der Waals surface area contributed by atoms with Crippen LogP contribution in [0.4, 0.5) is 0 Å². The van der Waals surface area contributed by atoms with Crippen LogP contribution >= 0.6 is 11.6 Å². The Hall–Kier alpha value is -2.47. The molecule has 0 fully saturated rings. The quantitative estimate of drug-likeness (QED) is 0.786. The maximum Gasteiger partial charge on any atom is 0.344 e. The lowest BCUT2D eigenvalue weighted by molar-refractivity contribution is -0.156. The summed E-state index contributed by atoms with van der Waals surface area (Å²) in [4.78, 5) is 23.5. The number of carbonyl (C=O) groups is 2. The van der Waals surface area contributed by atoms with Crippen LogP contribution < -0.4 is 10.1 Å². The Morgan fingerprint density at radius 3 is 2.83 bits per heavy atom. The first-order valence-electron chi connectivity index (χ1n) is 6.92. The predicted molar refractivity (Wildman–Crippen MR) is 83.1 cm³/mol. The molecule has 0 radical (unpaired) electrons. The van der Waals surface area contributed by atoms with Gasteiger partial charge in [0.15, 0.2) is 12.7 Å². The van der Waals surface area contributed by atoms with Gasteiger partial charge >= 0.3 is 5.97 Å². The molecular formula is C16H16ClNO5. The van der Waals surface area contributed by atoms with Crippen molar-refractivity contribution in [2.75, 3.05) is 6.61 Å². The zero-order chi connectivity index (χ0) is 16.7. The minimum atomic E-state index is -0.930. The number of nitrogens with one attached hydrogen (secondary N) is 1. The largest absolute Gasteiger partial charge is 0.482 e. The van der Waals surface area contributed by atoms with E-state index in [9.17, 15) is 9.59 Å². The minimum absolute atomic E-state index is 0.229. The fourth-order valence-corrected chi connectivity index (χ4v) is 1.90. The van der Waals surface area contributed by atoms with Crippen molar-refractivity contribution in [3.63, 3.8) is 0 Å². The monoisotopic (exact) mass is 337 g/mol. The molecule has 1 aromatic heterocycles. The maximum atomic E-state index is 11.8. The molecule has 0 saturated carbocycles. The van der Waals surface area contributed by atoms with Gasteiger partial charge in [-0.15, -0.1) is 0 Å². The molecule has 1 heterocycles. The number of esters is 1. The number of furan rings is 1. The zero-order valence-corrected chi connectivity index (χ0v) is 13.2. The summed E-state index contributed by atoms with van der Waals surface area (Å²) in [6.07, 6.45) is 0.582. The summed E-state index contributed by atoms with van der Waals surface area (Å²) < 4.78 is 15.3. The third-order valence-corrected chi connectivity index (χ3v) is 3.08. The van der Waals surface area contributed by atoms with Crippen LogP contribution in [0, 0.1) is 0 Å². The van der Waals surface area contributed by atoms with Crippen LogP contribution in [0.25, 0.3) is 0 Å². The second-order valence-corrected chi connectivity index (χ2v) is 5.11. The third kappa shape index (κ3) is 5.67. The molecule has 0 unspecified atom stereocenters. The number of amides is 1. The number of hydrogen-bond acceptors (Lipinski definition) is 5. The van der Waals surface area contributed by atoms with E-state index in [1.807, 2.05) is 0 Å². The standard InChI is InChI=1S/C16H16ClNO5/c1-11(16(20)18-9-14-6-3-7-21-14)23-15(19)10-22-13-5-2-4-12(17)8-13/h2-8,11H,9-10H2,1H3,(H,18,20)/t11-/m0/s1. The Balaban J connectivity index is 1.72. The van der Waals surface area contributed by atoms with E-state index in [-0.39, 0.29) is 13.2 Å². The van der Waals surface area contributed by atoms with E-state index in [4.69, 9.17) is 25.5 Å². The molecule has 7 heteroatoms. The van der Waals surface area contributed by atoms with Gasteiger partial charge in [0.05, 0.1) is 12.8 Å². The van der Waals surface area contributed by atoms with Crippen LogP contribution in [0.3, 0.4) is 0 Å². The summed E-state index contributed by atoms with van der Waals surface area (Å²) in [6.45, 7) is 1.40. The van der Waals surface area contributed by atoms with Gasteiger partial charge in [-0.1, -0.05) is 17.7 Å². The lowest BCUT2D eigenvalue weighted by atomic mass is 10.3. The summed E-state index contributed by atoms with van der Waals surface area (Å²) >= 11 is 5.81. The number of hydrogen-bond donors (Lipinski definition) is 1. The fraction of sp³-hybridized carbons (Fsp3) is 0.250. The molecule has 0 bridgehead atoms. The molecule has 0 aliphatic heterocycles. The van der Waals surface area contributed by atoms with Gasteiger partial charge in [-0.3, -0.25) is 4.79 Å². The highest BCUT2D eigenvalue weighted by molar-refractivity contribution is 6.30. The Morgan fingerprint density at radius 1 is 1.30 bits per heavy atom. The van der Waals surface area contributed by atoms with Crippen LogP contribution in [0.15, 0.2) is 47.1 Å². The van der Waals surface area contributed by atoms with Crippen LogP contribution in [0.2, 0.25) is 5.02 Å². The first-order chi connectivity index (χ1) is 11.0. The zero-order valence-electron chi connectivity index (χ0n) is 12.5. The van der Waals surface area contributed by atoms with Crippen LogP contribution in [0.1, 0.15) is 12.7 Å². The van der Waals surface area contributed by atoms with Gasteiger partial charge in [0, 0.05) is 5.02 Å². The highest BCUT2D eigenvalue weighted by Gasteiger charge is 2.18. The van der Waals surface area contributed by atoms with Gasteiger partial charge in [0.2, 0.25) is 0 Å². The van der Waals surface area contributed by atoms with E-state index < -0.39 is 18.0 Å². The Bertz CT molecular complexity index is 656. The second-order valence-electron chi connectivity index (χ2n) is 4.68. The number of benzene rings is 1. The van der Waals surface area contributed by atoms with E-state index >= 15 is 0 Å². The molecule has 23 heavy (non-hydrogen) atoms. The number of rotatable bonds is 7. The van der Waals surface area contributed by atoms with E-state index in [0.717, 1.165) is 0 Å². The first-order valence-corrected chi connectivity index (χ1v) is 7.30. The van der Waals surface area contributed by atoms with Crippen LogP contribution in [-0.2, 0) is 20.9 Å². The van der Waals surface area contributed by atoms with Gasteiger partial charge < -0.3 is 19.2 Å². The molecule has 1 N–H and O–H groups in total. The molecular weight excluding hydrogens is 322 g/mol. The number of halogens is 1. The van der Waals surface area contributed by atoms with Gasteiger partial charge in [0.1, 0.15) is 11.5 Å². The Morgan fingerprint density at radius 2 is 2.13 bits per heavy atom. The molecule has 0 spiro atoms. The highest BCUT2D eigenvalue weighted by Crippen LogP contribution is 2.17. The summed E-state index contributed by atoms with van der Waals surface area (Å²) in [5.74, 6) is -0.00586. The first kappa shape index (κ1) is 16.9. The lowest BCUT2D eigenvalue weighted by Gasteiger charge is -2.13. The smallest absolute Gasteiger partial charge is 0.344 e. The van der Waals surface area contributed by atoms with E-state index in [0.29, 0.717) is 16.5 Å². The molecule has 122 valence electrons. The molecule has 1 atom stereocenters. The average molecular weight is 338 g/mol. The van der Waals surface area contributed by atoms with Crippen molar-refractivity contribution in [2.24, 2.45) is 0 Å². The summed E-state index contributed by atoms with van der Waals surface area (Å²) in [5.41, 5.74) is 0. The molecule has 1 amide bonds. The van der Waals surface area contributed by atoms with Gasteiger partial charge in [0.25, 0.3) is 5.91 Å². The number of ether oxygens (including phenoxy) is 2. The number of carbonyl (C=O) groups excluding carboxylic acids is 2. The summed E-state index contributed by atoms with van der Waals surface area (Å²) in [7, 11) is 0. The van der Waals surface area contributed by atoms with Crippen LogP contribution in [-0.4, -0.2) is 24.6 Å². The molecule has 0 aliphatic rings. The third-order valence-electron chi connectivity index (χ3n) is 2.85. The van der Waals surface area contributed by atoms with Crippen molar-refractivity contribution in [1.82, 2.24) is 5.32 Å². The molecule has 6 nitrogen and oxygen atoms in total. The van der Waals surface area contributed by atoms with Crippen LogP contribution in [0.5, 0.6) is 5.75 Å². The highest BCUT2D eigenvalue weighted by atomic mass is 35.5. The van der Waals surface area contributed by atoms with Crippen molar-refractivity contribution in [2.45, 2.75) is 19.6 Å². The normalized spacial score (nSPS) is 11.6. The summed E-state index contributed by atoms with van der Waals surface area (Å²) in [5, 5.41) is 3.10. The molecule has 2 rings (SSSR count). The van der Waals surface area contributed by atoms with Crippen molar-refractivity contribution >= 4 is 23.5 Å². The molecule has 2 aromatic rings.